The quantitative estimate of drug-likeness (QED) is 0.845. The molecule has 0 bridgehead atoms. The van der Waals surface area contributed by atoms with Crippen LogP contribution in [0.5, 0.6) is 5.75 Å². The fourth-order valence-corrected chi connectivity index (χ4v) is 4.84. The van der Waals surface area contributed by atoms with E-state index in [2.05, 4.69) is 6.08 Å². The average molecular weight is 390 g/mol. The number of benzene rings is 2. The van der Waals surface area contributed by atoms with Crippen LogP contribution in [-0.4, -0.2) is 15.5 Å². The molecule has 6 heteroatoms. The first-order valence-electron chi connectivity index (χ1n) is 8.48. The van der Waals surface area contributed by atoms with Gasteiger partial charge in [-0.2, -0.15) is 0 Å². The van der Waals surface area contributed by atoms with Gasteiger partial charge in [0.1, 0.15) is 5.75 Å². The molecular formula is C20H20ClNO3S. The molecule has 0 amide bonds. The first kappa shape index (κ1) is 17.6. The summed E-state index contributed by atoms with van der Waals surface area (Å²) in [6.07, 6.45) is 5.47. The molecule has 4 rings (SSSR count). The van der Waals surface area contributed by atoms with E-state index in [4.69, 9.17) is 21.5 Å². The molecule has 0 aromatic heterocycles. The van der Waals surface area contributed by atoms with Crippen LogP contribution < -0.4 is 9.88 Å². The molecular weight excluding hydrogens is 370 g/mol. The SMILES string of the molecule is COc1ccc(C2=CCC3(C2)CC3c2ccc(S(N)(=O)=O)cc2)cc1Cl. The highest BCUT2D eigenvalue weighted by Gasteiger charge is 2.55. The second-order valence-corrected chi connectivity index (χ2v) is 9.16. The summed E-state index contributed by atoms with van der Waals surface area (Å²) in [6, 6.07) is 12.9. The lowest BCUT2D eigenvalue weighted by Crippen LogP contribution is -2.11. The molecule has 2 aliphatic rings. The van der Waals surface area contributed by atoms with Crippen LogP contribution in [0.1, 0.15) is 36.3 Å². The highest BCUT2D eigenvalue weighted by molar-refractivity contribution is 7.89. The monoisotopic (exact) mass is 389 g/mol. The Morgan fingerprint density at radius 3 is 2.54 bits per heavy atom. The fourth-order valence-electron chi connectivity index (χ4n) is 4.07. The van der Waals surface area contributed by atoms with Gasteiger partial charge < -0.3 is 4.74 Å². The van der Waals surface area contributed by atoms with Crippen LogP contribution in [0.25, 0.3) is 5.57 Å². The topological polar surface area (TPSA) is 69.4 Å². The molecule has 2 aliphatic carbocycles. The zero-order valence-electron chi connectivity index (χ0n) is 14.4. The number of ether oxygens (including phenoxy) is 1. The second kappa shape index (κ2) is 6.12. The van der Waals surface area contributed by atoms with Crippen molar-refractivity contribution in [3.8, 4) is 5.75 Å². The van der Waals surface area contributed by atoms with E-state index in [0.29, 0.717) is 16.7 Å². The Kier molecular flexibility index (Phi) is 4.14. The number of rotatable bonds is 4. The fraction of sp³-hybridized carbons (Fsp3) is 0.300. The average Bonchev–Trinajstić information content (AvgIpc) is 3.14. The van der Waals surface area contributed by atoms with E-state index in [0.717, 1.165) is 24.8 Å². The van der Waals surface area contributed by atoms with Crippen molar-refractivity contribution in [2.75, 3.05) is 7.11 Å². The van der Waals surface area contributed by atoms with Crippen LogP contribution in [0, 0.1) is 5.41 Å². The minimum atomic E-state index is -3.64. The summed E-state index contributed by atoms with van der Waals surface area (Å²) in [7, 11) is -2.03. The minimum Gasteiger partial charge on any atom is -0.495 e. The molecule has 2 aromatic carbocycles. The van der Waals surface area contributed by atoms with Crippen LogP contribution >= 0.6 is 11.6 Å². The van der Waals surface area contributed by atoms with E-state index < -0.39 is 10.0 Å². The molecule has 26 heavy (non-hydrogen) atoms. The Labute approximate surface area is 158 Å². The number of sulfonamides is 1. The van der Waals surface area contributed by atoms with Crippen molar-refractivity contribution in [2.24, 2.45) is 10.6 Å². The van der Waals surface area contributed by atoms with Crippen molar-refractivity contribution >= 4 is 27.2 Å². The highest BCUT2D eigenvalue weighted by Crippen LogP contribution is 2.68. The largest absolute Gasteiger partial charge is 0.495 e. The van der Waals surface area contributed by atoms with E-state index >= 15 is 0 Å². The molecule has 2 aromatic rings. The molecule has 2 atom stereocenters. The zero-order valence-corrected chi connectivity index (χ0v) is 16.0. The predicted molar refractivity (Wildman–Crippen MR) is 103 cm³/mol. The summed E-state index contributed by atoms with van der Waals surface area (Å²) in [5.74, 6) is 1.14. The zero-order chi connectivity index (χ0) is 18.5. The lowest BCUT2D eigenvalue weighted by molar-refractivity contribution is 0.415. The van der Waals surface area contributed by atoms with Crippen molar-refractivity contribution in [3.63, 3.8) is 0 Å². The Balaban J connectivity index is 1.50. The maximum Gasteiger partial charge on any atom is 0.238 e. The summed E-state index contributed by atoms with van der Waals surface area (Å²) in [4.78, 5) is 0.161. The van der Waals surface area contributed by atoms with E-state index in [-0.39, 0.29) is 10.3 Å². The third kappa shape index (κ3) is 3.04. The van der Waals surface area contributed by atoms with Gasteiger partial charge in [0.15, 0.2) is 0 Å². The van der Waals surface area contributed by atoms with Crippen molar-refractivity contribution in [1.29, 1.82) is 0 Å². The van der Waals surface area contributed by atoms with Crippen LogP contribution in [0.15, 0.2) is 53.4 Å². The number of primary sulfonamides is 1. The summed E-state index contributed by atoms with van der Waals surface area (Å²) >= 11 is 6.26. The third-order valence-electron chi connectivity index (χ3n) is 5.62. The lowest BCUT2D eigenvalue weighted by Gasteiger charge is -2.12. The van der Waals surface area contributed by atoms with Gasteiger partial charge in [-0.25, -0.2) is 13.6 Å². The number of methoxy groups -OCH3 is 1. The van der Waals surface area contributed by atoms with Gasteiger partial charge in [-0.3, -0.25) is 0 Å². The van der Waals surface area contributed by atoms with Crippen LogP contribution in [0.3, 0.4) is 0 Å². The number of nitrogens with two attached hydrogens (primary N) is 1. The Bertz CT molecular complexity index is 998. The second-order valence-electron chi connectivity index (χ2n) is 7.19. The summed E-state index contributed by atoms with van der Waals surface area (Å²) in [6.45, 7) is 0. The van der Waals surface area contributed by atoms with Crippen LogP contribution in [-0.2, 0) is 10.0 Å². The van der Waals surface area contributed by atoms with E-state index in [1.807, 2.05) is 30.3 Å². The van der Waals surface area contributed by atoms with Gasteiger partial charge in [-0.1, -0.05) is 35.9 Å². The first-order valence-corrected chi connectivity index (χ1v) is 10.4. The highest BCUT2D eigenvalue weighted by atomic mass is 35.5. The first-order chi connectivity index (χ1) is 12.3. The van der Waals surface area contributed by atoms with Gasteiger partial charge in [-0.05, 0) is 71.6 Å². The van der Waals surface area contributed by atoms with Gasteiger partial charge in [0, 0.05) is 0 Å². The molecule has 0 aliphatic heterocycles. The van der Waals surface area contributed by atoms with E-state index in [1.54, 1.807) is 19.2 Å². The summed E-state index contributed by atoms with van der Waals surface area (Å²) in [5.41, 5.74) is 3.89. The number of hydrogen-bond acceptors (Lipinski definition) is 3. The predicted octanol–water partition coefficient (Wildman–Crippen LogP) is 4.35. The van der Waals surface area contributed by atoms with Gasteiger partial charge in [0.25, 0.3) is 0 Å². The molecule has 0 saturated heterocycles. The molecule has 4 nitrogen and oxygen atoms in total. The molecule has 1 fully saturated rings. The van der Waals surface area contributed by atoms with E-state index in [1.165, 1.54) is 11.1 Å². The minimum absolute atomic E-state index is 0.161. The molecule has 136 valence electrons. The smallest absolute Gasteiger partial charge is 0.238 e. The Morgan fingerprint density at radius 1 is 1.19 bits per heavy atom. The normalized spacial score (nSPS) is 24.6. The molecule has 2 N–H and O–H groups in total. The van der Waals surface area contributed by atoms with Crippen molar-refractivity contribution in [3.05, 3.63) is 64.7 Å². The van der Waals surface area contributed by atoms with Crippen molar-refractivity contribution in [1.82, 2.24) is 0 Å². The number of hydrogen-bond donors (Lipinski definition) is 1. The Hall–Kier alpha value is -1.82. The standard InChI is InChI=1S/C20H20ClNO3S/c1-25-19-7-4-14(10-18(19)21)15-8-9-20(11-15)12-17(20)13-2-5-16(6-3-13)26(22,23)24/h2-8,10,17H,9,11-12H2,1H3,(H2,22,23,24). The third-order valence-corrected chi connectivity index (χ3v) is 6.85. The van der Waals surface area contributed by atoms with Crippen LogP contribution in [0.2, 0.25) is 5.02 Å². The summed E-state index contributed by atoms with van der Waals surface area (Å²) < 4.78 is 28.0. The van der Waals surface area contributed by atoms with Gasteiger partial charge in [-0.15, -0.1) is 0 Å². The lowest BCUT2D eigenvalue weighted by atomic mass is 9.93. The molecule has 1 spiro atoms. The molecule has 1 saturated carbocycles. The number of allylic oxidation sites excluding steroid dienone is 2. The maximum absolute atomic E-state index is 11.4. The summed E-state index contributed by atoms with van der Waals surface area (Å²) in [5, 5.41) is 5.80. The molecule has 2 unspecified atom stereocenters. The van der Waals surface area contributed by atoms with Crippen LogP contribution in [0.4, 0.5) is 0 Å². The Morgan fingerprint density at radius 2 is 1.92 bits per heavy atom. The van der Waals surface area contributed by atoms with Gasteiger partial charge >= 0.3 is 0 Å². The van der Waals surface area contributed by atoms with E-state index in [9.17, 15) is 8.42 Å². The maximum atomic E-state index is 11.4. The molecule has 0 radical (unpaired) electrons. The van der Waals surface area contributed by atoms with Crippen molar-refractivity contribution in [2.45, 2.75) is 30.1 Å². The van der Waals surface area contributed by atoms with Crippen molar-refractivity contribution < 1.29 is 13.2 Å². The van der Waals surface area contributed by atoms with Gasteiger partial charge in [0.2, 0.25) is 10.0 Å². The number of halogens is 1. The van der Waals surface area contributed by atoms with Gasteiger partial charge in [0.05, 0.1) is 17.0 Å². The molecule has 0 heterocycles.